The lowest BCUT2D eigenvalue weighted by Crippen LogP contribution is -2.15. The number of para-hydroxylation sites is 1. The summed E-state index contributed by atoms with van der Waals surface area (Å²) in [5, 5.41) is 6.48. The first-order valence-corrected chi connectivity index (χ1v) is 8.81. The molecule has 0 bridgehead atoms. The molecule has 1 heterocycles. The van der Waals surface area contributed by atoms with Crippen LogP contribution in [-0.2, 0) is 6.42 Å². The van der Waals surface area contributed by atoms with E-state index < -0.39 is 0 Å². The second kappa shape index (κ2) is 8.51. The number of hydrogen-bond donors (Lipinski definition) is 2. The molecule has 0 aliphatic carbocycles. The maximum atomic E-state index is 12.6. The van der Waals surface area contributed by atoms with Crippen LogP contribution in [0.4, 0.5) is 17.3 Å². The van der Waals surface area contributed by atoms with Crippen LogP contribution in [0, 0.1) is 0 Å². The molecule has 1 amide bonds. The molecule has 138 valence electrons. The normalized spacial score (nSPS) is 10.3. The Morgan fingerprint density at radius 2 is 1.96 bits per heavy atom. The molecule has 2 N–H and O–H groups in total. The largest absolute Gasteiger partial charge is 0.495 e. The predicted octanol–water partition coefficient (Wildman–Crippen LogP) is 4.70. The molecule has 0 radical (unpaired) electrons. The van der Waals surface area contributed by atoms with Gasteiger partial charge in [0.15, 0.2) is 0 Å². The van der Waals surface area contributed by atoms with Crippen molar-refractivity contribution in [2.75, 3.05) is 17.7 Å². The molecule has 0 aliphatic rings. The highest BCUT2D eigenvalue weighted by Gasteiger charge is 2.12. The van der Waals surface area contributed by atoms with E-state index in [1.165, 1.54) is 6.20 Å². The Morgan fingerprint density at radius 3 is 2.74 bits per heavy atom. The molecule has 3 aromatic rings. The Kier molecular flexibility index (Phi) is 5.88. The quantitative estimate of drug-likeness (QED) is 0.646. The SMILES string of the molecule is CCc1ccccc1NC(=O)c1ccnc(Nc2cc(Cl)ccc2OC)n1. The minimum Gasteiger partial charge on any atom is -0.495 e. The number of anilines is 3. The third kappa shape index (κ3) is 4.54. The van der Waals surface area contributed by atoms with E-state index in [4.69, 9.17) is 16.3 Å². The van der Waals surface area contributed by atoms with Crippen molar-refractivity contribution in [1.29, 1.82) is 0 Å². The van der Waals surface area contributed by atoms with Crippen LogP contribution in [0.5, 0.6) is 5.75 Å². The monoisotopic (exact) mass is 382 g/mol. The van der Waals surface area contributed by atoms with Crippen molar-refractivity contribution in [3.05, 3.63) is 71.0 Å². The minimum atomic E-state index is -0.306. The van der Waals surface area contributed by atoms with E-state index in [2.05, 4.69) is 20.6 Å². The third-order valence-corrected chi connectivity index (χ3v) is 4.18. The fourth-order valence-corrected chi connectivity index (χ4v) is 2.75. The van der Waals surface area contributed by atoms with Crippen LogP contribution in [0.2, 0.25) is 5.02 Å². The first kappa shape index (κ1) is 18.7. The fraction of sp³-hybridized carbons (Fsp3) is 0.150. The summed E-state index contributed by atoms with van der Waals surface area (Å²) in [6.07, 6.45) is 2.34. The number of halogens is 1. The van der Waals surface area contributed by atoms with Crippen molar-refractivity contribution in [2.24, 2.45) is 0 Å². The molecule has 7 heteroatoms. The highest BCUT2D eigenvalue weighted by atomic mass is 35.5. The number of nitrogens with zero attached hydrogens (tertiary/aromatic N) is 2. The van der Waals surface area contributed by atoms with Crippen molar-refractivity contribution in [2.45, 2.75) is 13.3 Å². The number of amides is 1. The lowest BCUT2D eigenvalue weighted by molar-refractivity contribution is 0.102. The molecule has 0 fully saturated rings. The van der Waals surface area contributed by atoms with Crippen LogP contribution < -0.4 is 15.4 Å². The van der Waals surface area contributed by atoms with Gasteiger partial charge < -0.3 is 15.4 Å². The number of aryl methyl sites for hydroxylation is 1. The van der Waals surface area contributed by atoms with Gasteiger partial charge in [0.1, 0.15) is 11.4 Å². The molecule has 1 aromatic heterocycles. The van der Waals surface area contributed by atoms with E-state index in [0.717, 1.165) is 17.7 Å². The van der Waals surface area contributed by atoms with Crippen molar-refractivity contribution in [3.63, 3.8) is 0 Å². The smallest absolute Gasteiger partial charge is 0.274 e. The number of carbonyl (C=O) groups excluding carboxylic acids is 1. The van der Waals surface area contributed by atoms with Gasteiger partial charge in [0, 0.05) is 16.9 Å². The van der Waals surface area contributed by atoms with Crippen LogP contribution >= 0.6 is 11.6 Å². The van der Waals surface area contributed by atoms with Gasteiger partial charge >= 0.3 is 0 Å². The fourth-order valence-electron chi connectivity index (χ4n) is 2.58. The summed E-state index contributed by atoms with van der Waals surface area (Å²) in [4.78, 5) is 21.0. The maximum Gasteiger partial charge on any atom is 0.274 e. The van der Waals surface area contributed by atoms with Crippen molar-refractivity contribution < 1.29 is 9.53 Å². The zero-order valence-corrected chi connectivity index (χ0v) is 15.7. The van der Waals surface area contributed by atoms with Crippen molar-refractivity contribution >= 4 is 34.8 Å². The van der Waals surface area contributed by atoms with E-state index in [1.807, 2.05) is 31.2 Å². The van der Waals surface area contributed by atoms with Crippen LogP contribution in [0.25, 0.3) is 0 Å². The summed E-state index contributed by atoms with van der Waals surface area (Å²) in [5.74, 6) is 0.557. The molecular formula is C20H19ClN4O2. The number of ether oxygens (including phenoxy) is 1. The van der Waals surface area contributed by atoms with E-state index in [9.17, 15) is 4.79 Å². The molecule has 0 spiro atoms. The lowest BCUT2D eigenvalue weighted by atomic mass is 10.1. The summed E-state index contributed by atoms with van der Waals surface area (Å²) in [6.45, 7) is 2.04. The number of hydrogen-bond acceptors (Lipinski definition) is 5. The van der Waals surface area contributed by atoms with E-state index in [1.54, 1.807) is 31.4 Å². The standard InChI is InChI=1S/C20H19ClN4O2/c1-3-13-6-4-5-7-15(13)23-19(26)16-10-11-22-20(24-16)25-17-12-14(21)8-9-18(17)27-2/h4-12H,3H2,1-2H3,(H,23,26)(H,22,24,25). The van der Waals surface area contributed by atoms with Crippen molar-refractivity contribution in [1.82, 2.24) is 9.97 Å². The Bertz CT molecular complexity index is 962. The minimum absolute atomic E-state index is 0.249. The number of nitrogens with one attached hydrogen (secondary N) is 2. The average Bonchev–Trinajstić information content (AvgIpc) is 2.69. The molecule has 0 saturated heterocycles. The second-order valence-electron chi connectivity index (χ2n) is 5.70. The first-order valence-electron chi connectivity index (χ1n) is 8.43. The molecule has 3 rings (SSSR count). The lowest BCUT2D eigenvalue weighted by Gasteiger charge is -2.12. The summed E-state index contributed by atoms with van der Waals surface area (Å²) >= 11 is 6.04. The second-order valence-corrected chi connectivity index (χ2v) is 6.14. The molecule has 0 unspecified atom stereocenters. The Balaban J connectivity index is 1.81. The van der Waals surface area contributed by atoms with Gasteiger partial charge in [-0.2, -0.15) is 0 Å². The number of rotatable bonds is 6. The topological polar surface area (TPSA) is 76.1 Å². The first-order chi connectivity index (χ1) is 13.1. The van der Waals surface area contributed by atoms with Crippen LogP contribution in [0.15, 0.2) is 54.7 Å². The summed E-state index contributed by atoms with van der Waals surface area (Å²) in [5.41, 5.74) is 2.69. The Morgan fingerprint density at radius 1 is 1.15 bits per heavy atom. The molecule has 6 nitrogen and oxygen atoms in total. The summed E-state index contributed by atoms with van der Waals surface area (Å²) in [7, 11) is 1.56. The van der Waals surface area contributed by atoms with Gasteiger partial charge in [-0.15, -0.1) is 0 Å². The molecule has 27 heavy (non-hydrogen) atoms. The van der Waals surface area contributed by atoms with Gasteiger partial charge in [-0.3, -0.25) is 4.79 Å². The Labute approximate surface area is 162 Å². The van der Waals surface area contributed by atoms with Crippen LogP contribution in [0.3, 0.4) is 0 Å². The van der Waals surface area contributed by atoms with Crippen LogP contribution in [0.1, 0.15) is 23.0 Å². The Hall–Kier alpha value is -3.12. The zero-order valence-electron chi connectivity index (χ0n) is 15.0. The highest BCUT2D eigenvalue weighted by molar-refractivity contribution is 6.31. The number of benzene rings is 2. The average molecular weight is 383 g/mol. The van der Waals surface area contributed by atoms with Gasteiger partial charge in [0.05, 0.1) is 12.8 Å². The van der Waals surface area contributed by atoms with Gasteiger partial charge in [-0.1, -0.05) is 36.7 Å². The number of aromatic nitrogens is 2. The number of methoxy groups -OCH3 is 1. The highest BCUT2D eigenvalue weighted by Crippen LogP contribution is 2.29. The molecule has 0 saturated carbocycles. The third-order valence-electron chi connectivity index (χ3n) is 3.94. The van der Waals surface area contributed by atoms with Crippen molar-refractivity contribution in [3.8, 4) is 5.75 Å². The zero-order chi connectivity index (χ0) is 19.2. The maximum absolute atomic E-state index is 12.6. The number of carbonyl (C=O) groups is 1. The van der Waals surface area contributed by atoms with E-state index >= 15 is 0 Å². The molecule has 2 aromatic carbocycles. The predicted molar refractivity (Wildman–Crippen MR) is 107 cm³/mol. The van der Waals surface area contributed by atoms with Gasteiger partial charge in [0.2, 0.25) is 5.95 Å². The molecular weight excluding hydrogens is 364 g/mol. The van der Waals surface area contributed by atoms with Crippen LogP contribution in [-0.4, -0.2) is 23.0 Å². The molecule has 0 atom stereocenters. The van der Waals surface area contributed by atoms with Gasteiger partial charge in [0.25, 0.3) is 5.91 Å². The molecule has 0 aliphatic heterocycles. The van der Waals surface area contributed by atoms with Gasteiger partial charge in [-0.05, 0) is 42.3 Å². The van der Waals surface area contributed by atoms with Gasteiger partial charge in [-0.25, -0.2) is 9.97 Å². The van der Waals surface area contributed by atoms with E-state index in [0.29, 0.717) is 16.5 Å². The summed E-state index contributed by atoms with van der Waals surface area (Å²) in [6, 6.07) is 14.4. The summed E-state index contributed by atoms with van der Waals surface area (Å²) < 4.78 is 5.30. The van der Waals surface area contributed by atoms with E-state index in [-0.39, 0.29) is 17.5 Å².